The molecule has 2 amide bonds. The Hall–Kier alpha value is -2.90. The predicted molar refractivity (Wildman–Crippen MR) is 122 cm³/mol. The van der Waals surface area contributed by atoms with Crippen LogP contribution in [-0.2, 0) is 9.59 Å². The Balaban J connectivity index is 1.76. The van der Waals surface area contributed by atoms with Gasteiger partial charge in [0.15, 0.2) is 0 Å². The lowest BCUT2D eigenvalue weighted by atomic mass is 10.0. The van der Waals surface area contributed by atoms with E-state index < -0.39 is 11.9 Å². The van der Waals surface area contributed by atoms with Gasteiger partial charge in [0, 0.05) is 42.0 Å². The van der Waals surface area contributed by atoms with Gasteiger partial charge < -0.3 is 15.5 Å². The molecule has 0 aliphatic carbocycles. The number of fused-ring (bicyclic) bond motifs is 1. The van der Waals surface area contributed by atoms with Crippen LogP contribution < -0.4 is 10.6 Å². The number of anilines is 1. The number of aromatic nitrogens is 2. The second kappa shape index (κ2) is 8.69. The molecule has 3 aromatic rings. The molecule has 1 aliphatic rings. The number of carbonyl (C=O) groups excluding carboxylic acids is 2. The molecule has 1 fully saturated rings. The molecule has 0 spiro atoms. The second-order valence-electron chi connectivity index (χ2n) is 7.36. The summed E-state index contributed by atoms with van der Waals surface area (Å²) >= 11 is 12.6. The van der Waals surface area contributed by atoms with Gasteiger partial charge in [0.05, 0.1) is 10.5 Å². The molecule has 0 saturated carbocycles. The summed E-state index contributed by atoms with van der Waals surface area (Å²) < 4.78 is 0. The predicted octanol–water partition coefficient (Wildman–Crippen LogP) is 3.52. The summed E-state index contributed by atoms with van der Waals surface area (Å²) in [5.74, 6) is 0.0503. The number of primary amides is 1. The third-order valence-corrected chi connectivity index (χ3v) is 6.05. The van der Waals surface area contributed by atoms with Gasteiger partial charge in [0.1, 0.15) is 18.2 Å². The highest BCUT2D eigenvalue weighted by Crippen LogP contribution is 2.35. The first-order valence-corrected chi connectivity index (χ1v) is 10.7. The molecule has 0 bridgehead atoms. The number of hydrogen-bond donors (Lipinski definition) is 1. The Morgan fingerprint density at radius 3 is 2.55 bits per heavy atom. The van der Waals surface area contributed by atoms with Crippen molar-refractivity contribution in [1.29, 1.82) is 0 Å². The molecular weight excluding hydrogens is 437 g/mol. The quantitative estimate of drug-likeness (QED) is 0.646. The van der Waals surface area contributed by atoms with E-state index in [0.29, 0.717) is 40.9 Å². The molecule has 9 heteroatoms. The van der Waals surface area contributed by atoms with Crippen molar-refractivity contribution >= 4 is 51.7 Å². The average Bonchev–Trinajstić information content (AvgIpc) is 2.78. The number of piperazine rings is 1. The Morgan fingerprint density at radius 2 is 1.87 bits per heavy atom. The molecule has 7 nitrogen and oxygen atoms in total. The summed E-state index contributed by atoms with van der Waals surface area (Å²) in [6.45, 7) is 2.96. The SMILES string of the molecule is CCC(=O)N1CCN(c2ncnc3cc(Cl)c(-c4ccc(Cl)cc4)cc23)CC1C(N)=O. The maximum Gasteiger partial charge on any atom is 0.242 e. The van der Waals surface area contributed by atoms with Crippen LogP contribution in [0.15, 0.2) is 42.7 Å². The lowest BCUT2D eigenvalue weighted by molar-refractivity contribution is -0.139. The number of hydrogen-bond acceptors (Lipinski definition) is 5. The molecule has 1 aromatic heterocycles. The standard InChI is InChI=1S/C22H21Cl2N5O2/c1-2-20(30)29-8-7-28(11-19(29)21(25)31)22-16-9-15(13-3-5-14(23)6-4-13)17(24)10-18(16)26-12-27-22/h3-6,9-10,12,19H,2,7-8,11H2,1H3,(H2,25,31). The van der Waals surface area contributed by atoms with Gasteiger partial charge in [-0.05, 0) is 29.8 Å². The number of carbonyl (C=O) groups is 2. The summed E-state index contributed by atoms with van der Waals surface area (Å²) in [5, 5.41) is 2.00. The summed E-state index contributed by atoms with van der Waals surface area (Å²) in [6.07, 6.45) is 1.79. The van der Waals surface area contributed by atoms with E-state index >= 15 is 0 Å². The van der Waals surface area contributed by atoms with Crippen molar-refractivity contribution in [2.75, 3.05) is 24.5 Å². The van der Waals surface area contributed by atoms with Crippen LogP contribution in [0, 0.1) is 0 Å². The molecule has 4 rings (SSSR count). The van der Waals surface area contributed by atoms with Crippen LogP contribution in [0.2, 0.25) is 10.0 Å². The van der Waals surface area contributed by atoms with Gasteiger partial charge in [-0.15, -0.1) is 0 Å². The van der Waals surface area contributed by atoms with E-state index in [9.17, 15) is 9.59 Å². The monoisotopic (exact) mass is 457 g/mol. The first-order valence-electron chi connectivity index (χ1n) is 9.93. The Bertz CT molecular complexity index is 1150. The van der Waals surface area contributed by atoms with Crippen LogP contribution in [0.3, 0.4) is 0 Å². The van der Waals surface area contributed by atoms with Gasteiger partial charge in [-0.25, -0.2) is 9.97 Å². The first-order chi connectivity index (χ1) is 14.9. The molecule has 31 heavy (non-hydrogen) atoms. The van der Waals surface area contributed by atoms with Gasteiger partial charge in [0.2, 0.25) is 11.8 Å². The van der Waals surface area contributed by atoms with Crippen LogP contribution >= 0.6 is 23.2 Å². The van der Waals surface area contributed by atoms with Crippen LogP contribution in [0.5, 0.6) is 0 Å². The van der Waals surface area contributed by atoms with E-state index in [1.165, 1.54) is 6.33 Å². The normalized spacial score (nSPS) is 16.5. The van der Waals surface area contributed by atoms with Crippen LogP contribution in [0.25, 0.3) is 22.0 Å². The van der Waals surface area contributed by atoms with E-state index in [2.05, 4.69) is 9.97 Å². The summed E-state index contributed by atoms with van der Waals surface area (Å²) in [4.78, 5) is 36.7. The largest absolute Gasteiger partial charge is 0.368 e. The number of halogens is 2. The van der Waals surface area contributed by atoms with Gasteiger partial charge >= 0.3 is 0 Å². The number of amides is 2. The third kappa shape index (κ3) is 4.16. The zero-order valence-corrected chi connectivity index (χ0v) is 18.4. The topological polar surface area (TPSA) is 92.4 Å². The maximum atomic E-state index is 12.3. The van der Waals surface area contributed by atoms with Crippen molar-refractivity contribution in [1.82, 2.24) is 14.9 Å². The average molecular weight is 458 g/mol. The first kappa shape index (κ1) is 21.3. The fourth-order valence-corrected chi connectivity index (χ4v) is 4.28. The van der Waals surface area contributed by atoms with E-state index in [1.807, 2.05) is 23.1 Å². The Labute approximate surface area is 189 Å². The lowest BCUT2D eigenvalue weighted by Gasteiger charge is -2.40. The van der Waals surface area contributed by atoms with Gasteiger partial charge in [-0.3, -0.25) is 9.59 Å². The van der Waals surface area contributed by atoms with Crippen molar-refractivity contribution in [2.24, 2.45) is 5.73 Å². The van der Waals surface area contributed by atoms with Crippen molar-refractivity contribution in [3.05, 3.63) is 52.8 Å². The van der Waals surface area contributed by atoms with E-state index in [0.717, 1.165) is 16.5 Å². The molecule has 1 aliphatic heterocycles. The Kier molecular flexibility index (Phi) is 5.98. The molecule has 2 aromatic carbocycles. The fourth-order valence-electron chi connectivity index (χ4n) is 3.89. The summed E-state index contributed by atoms with van der Waals surface area (Å²) in [6, 6.07) is 10.4. The smallest absolute Gasteiger partial charge is 0.242 e. The van der Waals surface area contributed by atoms with Gasteiger partial charge in [-0.1, -0.05) is 42.3 Å². The van der Waals surface area contributed by atoms with Gasteiger partial charge in [-0.2, -0.15) is 0 Å². The molecule has 1 saturated heterocycles. The fraction of sp³-hybridized carbons (Fsp3) is 0.273. The van der Waals surface area contributed by atoms with E-state index in [1.54, 1.807) is 30.0 Å². The number of rotatable bonds is 4. The van der Waals surface area contributed by atoms with Crippen molar-refractivity contribution in [2.45, 2.75) is 19.4 Å². The zero-order valence-electron chi connectivity index (χ0n) is 16.9. The molecule has 1 unspecified atom stereocenters. The summed E-state index contributed by atoms with van der Waals surface area (Å²) in [5.41, 5.74) is 8.05. The number of nitrogens with zero attached hydrogens (tertiary/aromatic N) is 4. The highest BCUT2D eigenvalue weighted by molar-refractivity contribution is 6.34. The molecule has 1 atom stereocenters. The number of nitrogens with two attached hydrogens (primary N) is 1. The van der Waals surface area contributed by atoms with Crippen molar-refractivity contribution in [3.8, 4) is 11.1 Å². The molecule has 2 N–H and O–H groups in total. The minimum atomic E-state index is -0.714. The molecule has 2 heterocycles. The van der Waals surface area contributed by atoms with Crippen LogP contribution in [0.4, 0.5) is 5.82 Å². The third-order valence-electron chi connectivity index (χ3n) is 5.49. The molecule has 160 valence electrons. The highest BCUT2D eigenvalue weighted by atomic mass is 35.5. The maximum absolute atomic E-state index is 12.3. The van der Waals surface area contributed by atoms with E-state index in [-0.39, 0.29) is 12.5 Å². The number of benzene rings is 2. The summed E-state index contributed by atoms with van der Waals surface area (Å²) in [7, 11) is 0. The molecule has 0 radical (unpaired) electrons. The minimum Gasteiger partial charge on any atom is -0.368 e. The van der Waals surface area contributed by atoms with Crippen molar-refractivity contribution < 1.29 is 9.59 Å². The van der Waals surface area contributed by atoms with Crippen molar-refractivity contribution in [3.63, 3.8) is 0 Å². The lowest BCUT2D eigenvalue weighted by Crippen LogP contribution is -2.60. The highest BCUT2D eigenvalue weighted by Gasteiger charge is 2.34. The Morgan fingerprint density at radius 1 is 1.13 bits per heavy atom. The van der Waals surface area contributed by atoms with Gasteiger partial charge in [0.25, 0.3) is 0 Å². The molecular formula is C22H21Cl2N5O2. The van der Waals surface area contributed by atoms with E-state index in [4.69, 9.17) is 28.9 Å². The van der Waals surface area contributed by atoms with Crippen LogP contribution in [0.1, 0.15) is 13.3 Å². The van der Waals surface area contributed by atoms with Crippen LogP contribution in [-0.4, -0.2) is 52.4 Å². The zero-order chi connectivity index (χ0) is 22.1. The second-order valence-corrected chi connectivity index (χ2v) is 8.20. The minimum absolute atomic E-state index is 0.0900.